The van der Waals surface area contributed by atoms with Gasteiger partial charge in [0.15, 0.2) is 6.61 Å². The smallest absolute Gasteiger partial charge is 0.483 e. The number of alkyl halides is 6. The lowest BCUT2D eigenvalue weighted by molar-refractivity contribution is -0.274. The summed E-state index contributed by atoms with van der Waals surface area (Å²) < 4.78 is 83.9. The highest BCUT2D eigenvalue weighted by Crippen LogP contribution is 2.28. The molecule has 1 atom stereocenters. The Bertz CT molecular complexity index is 1110. The maximum Gasteiger partial charge on any atom is 0.573 e. The van der Waals surface area contributed by atoms with Gasteiger partial charge in [-0.25, -0.2) is 0 Å². The lowest BCUT2D eigenvalue weighted by Gasteiger charge is -2.15. The number of carbonyl (C=O) groups excluding carboxylic acids is 1. The predicted octanol–water partition coefficient (Wildman–Crippen LogP) is 4.90. The minimum atomic E-state index is -4.83. The molecule has 0 aliphatic heterocycles. The van der Waals surface area contributed by atoms with Gasteiger partial charge in [-0.2, -0.15) is 13.2 Å². The van der Waals surface area contributed by atoms with Crippen LogP contribution in [0.1, 0.15) is 29.1 Å². The van der Waals surface area contributed by atoms with E-state index < -0.39 is 36.8 Å². The van der Waals surface area contributed by atoms with E-state index in [2.05, 4.69) is 19.8 Å². The van der Waals surface area contributed by atoms with Crippen LogP contribution in [0.4, 0.5) is 26.3 Å². The third-order valence-electron chi connectivity index (χ3n) is 4.43. The number of aryl methyl sites for hydroxylation is 1. The van der Waals surface area contributed by atoms with E-state index in [0.29, 0.717) is 16.6 Å². The fourth-order valence-corrected chi connectivity index (χ4v) is 2.99. The molecule has 0 saturated heterocycles. The molecular formula is C20H17F6N3O3. The number of fused-ring (bicyclic) bond motifs is 1. The molecule has 0 bridgehead atoms. The second-order valence-electron chi connectivity index (χ2n) is 6.87. The topological polar surface area (TPSA) is 65.4 Å². The van der Waals surface area contributed by atoms with Gasteiger partial charge in [0.2, 0.25) is 0 Å². The summed E-state index contributed by atoms with van der Waals surface area (Å²) in [5, 5.41) is 3.06. The second kappa shape index (κ2) is 8.60. The molecule has 6 nitrogen and oxygen atoms in total. The number of aromatic nitrogens is 2. The van der Waals surface area contributed by atoms with Gasteiger partial charge in [-0.15, -0.1) is 13.2 Å². The maximum absolute atomic E-state index is 12.7. The number of hydrogen-bond acceptors (Lipinski definition) is 4. The maximum atomic E-state index is 12.7. The van der Waals surface area contributed by atoms with Crippen LogP contribution in [0.25, 0.3) is 10.9 Å². The minimum Gasteiger partial charge on any atom is -0.483 e. The van der Waals surface area contributed by atoms with Crippen molar-refractivity contribution in [1.29, 1.82) is 0 Å². The normalized spacial score (nSPS) is 13.1. The zero-order valence-corrected chi connectivity index (χ0v) is 16.7. The van der Waals surface area contributed by atoms with Crippen LogP contribution in [-0.2, 0) is 7.05 Å². The Balaban J connectivity index is 1.71. The Labute approximate surface area is 177 Å². The largest absolute Gasteiger partial charge is 0.573 e. The van der Waals surface area contributed by atoms with E-state index in [0.717, 1.165) is 12.3 Å². The quantitative estimate of drug-likeness (QED) is 0.531. The Morgan fingerprint density at radius 3 is 2.38 bits per heavy atom. The van der Waals surface area contributed by atoms with Gasteiger partial charge in [-0.3, -0.25) is 9.78 Å². The molecule has 0 radical (unpaired) electrons. The number of hydrogen-bond donors (Lipinski definition) is 1. The first-order valence-electron chi connectivity index (χ1n) is 9.14. The molecule has 1 aromatic carbocycles. The average Bonchev–Trinajstić information content (AvgIpc) is 3.01. The third-order valence-corrected chi connectivity index (χ3v) is 4.43. The molecule has 12 heteroatoms. The molecule has 0 fully saturated rings. The molecule has 0 saturated carbocycles. The standard InChI is InChI=1S/C20H17F6N3O3/c1-11(15-5-3-14(9-27-15)31-10-19(21,22)23)28-18(30)17-8-12-7-13(32-20(24,25)26)4-6-16(12)29(17)2/h3-9,11H,10H2,1-2H3,(H,28,30). The summed E-state index contributed by atoms with van der Waals surface area (Å²) in [4.78, 5) is 16.7. The molecule has 0 spiro atoms. The number of carbonyl (C=O) groups is 1. The molecule has 2 aromatic heterocycles. The first kappa shape index (κ1) is 23.2. The van der Waals surface area contributed by atoms with Crippen LogP contribution in [0.5, 0.6) is 11.5 Å². The molecule has 0 aliphatic rings. The summed E-state index contributed by atoms with van der Waals surface area (Å²) in [6.45, 7) is 0.172. The van der Waals surface area contributed by atoms with Crippen molar-refractivity contribution >= 4 is 16.8 Å². The SMILES string of the molecule is CC(NC(=O)c1cc2cc(OC(F)(F)F)ccc2n1C)c1ccc(OCC(F)(F)F)cn1. The van der Waals surface area contributed by atoms with Crippen molar-refractivity contribution in [1.82, 2.24) is 14.9 Å². The van der Waals surface area contributed by atoms with Crippen molar-refractivity contribution in [2.24, 2.45) is 7.05 Å². The van der Waals surface area contributed by atoms with Gasteiger partial charge in [0.25, 0.3) is 5.91 Å². The lowest BCUT2D eigenvalue weighted by Crippen LogP contribution is -2.28. The number of ether oxygens (including phenoxy) is 2. The van der Waals surface area contributed by atoms with Crippen LogP contribution in [-0.4, -0.2) is 34.6 Å². The Morgan fingerprint density at radius 1 is 1.09 bits per heavy atom. The highest BCUT2D eigenvalue weighted by molar-refractivity contribution is 5.99. The van der Waals surface area contributed by atoms with E-state index in [-0.39, 0.29) is 11.4 Å². The van der Waals surface area contributed by atoms with Crippen LogP contribution in [0.2, 0.25) is 0 Å². The van der Waals surface area contributed by atoms with Crippen molar-refractivity contribution in [3.05, 3.63) is 54.0 Å². The highest BCUT2D eigenvalue weighted by Gasteiger charge is 2.31. The molecule has 0 aliphatic carbocycles. The van der Waals surface area contributed by atoms with Gasteiger partial charge < -0.3 is 19.4 Å². The van der Waals surface area contributed by atoms with E-state index in [1.165, 1.54) is 34.9 Å². The van der Waals surface area contributed by atoms with Crippen LogP contribution in [0.15, 0.2) is 42.6 Å². The zero-order valence-electron chi connectivity index (χ0n) is 16.7. The van der Waals surface area contributed by atoms with Crippen molar-refractivity contribution in [3.63, 3.8) is 0 Å². The molecule has 1 amide bonds. The van der Waals surface area contributed by atoms with Gasteiger partial charge in [0.05, 0.1) is 17.9 Å². The first-order chi connectivity index (χ1) is 14.8. The lowest BCUT2D eigenvalue weighted by atomic mass is 10.2. The molecule has 32 heavy (non-hydrogen) atoms. The van der Waals surface area contributed by atoms with Gasteiger partial charge in [-0.05, 0) is 43.3 Å². The molecule has 2 heterocycles. The number of halogens is 6. The molecule has 172 valence electrons. The molecule has 3 aromatic rings. The van der Waals surface area contributed by atoms with Crippen LogP contribution in [0, 0.1) is 0 Å². The van der Waals surface area contributed by atoms with E-state index in [4.69, 9.17) is 0 Å². The molecular weight excluding hydrogens is 444 g/mol. The van der Waals surface area contributed by atoms with E-state index >= 15 is 0 Å². The summed E-state index contributed by atoms with van der Waals surface area (Å²) in [6, 6.07) is 7.24. The monoisotopic (exact) mass is 461 g/mol. The van der Waals surface area contributed by atoms with Crippen molar-refractivity contribution in [2.45, 2.75) is 25.5 Å². The van der Waals surface area contributed by atoms with Crippen LogP contribution >= 0.6 is 0 Å². The molecule has 1 N–H and O–H groups in total. The highest BCUT2D eigenvalue weighted by atomic mass is 19.4. The first-order valence-corrected chi connectivity index (χ1v) is 9.14. The average molecular weight is 461 g/mol. The second-order valence-corrected chi connectivity index (χ2v) is 6.87. The number of nitrogens with zero attached hydrogens (tertiary/aromatic N) is 2. The van der Waals surface area contributed by atoms with Crippen LogP contribution in [0.3, 0.4) is 0 Å². The Morgan fingerprint density at radius 2 is 1.78 bits per heavy atom. The van der Waals surface area contributed by atoms with E-state index in [9.17, 15) is 31.1 Å². The number of rotatable bonds is 6. The van der Waals surface area contributed by atoms with Gasteiger partial charge in [0, 0.05) is 18.0 Å². The number of benzene rings is 1. The van der Waals surface area contributed by atoms with Crippen molar-refractivity contribution in [2.75, 3.05) is 6.61 Å². The van der Waals surface area contributed by atoms with Crippen molar-refractivity contribution < 1.29 is 40.6 Å². The summed E-state index contributed by atoms with van der Waals surface area (Å²) in [6.07, 6.45) is -8.20. The van der Waals surface area contributed by atoms with Crippen molar-refractivity contribution in [3.8, 4) is 11.5 Å². The third kappa shape index (κ3) is 5.83. The summed E-state index contributed by atoms with van der Waals surface area (Å²) >= 11 is 0. The zero-order chi connectivity index (χ0) is 23.7. The predicted molar refractivity (Wildman–Crippen MR) is 101 cm³/mol. The van der Waals surface area contributed by atoms with Gasteiger partial charge >= 0.3 is 12.5 Å². The Kier molecular flexibility index (Phi) is 6.24. The summed E-state index contributed by atoms with van der Waals surface area (Å²) in [5.41, 5.74) is 1.07. The number of nitrogens with one attached hydrogen (secondary N) is 1. The fourth-order valence-electron chi connectivity index (χ4n) is 2.99. The van der Waals surface area contributed by atoms with E-state index in [1.807, 2.05) is 0 Å². The number of pyridine rings is 1. The summed E-state index contributed by atoms with van der Waals surface area (Å²) in [7, 11) is 1.58. The minimum absolute atomic E-state index is 0.0739. The molecule has 3 rings (SSSR count). The Hall–Kier alpha value is -3.44. The molecule has 1 unspecified atom stereocenters. The van der Waals surface area contributed by atoms with E-state index in [1.54, 1.807) is 14.0 Å². The van der Waals surface area contributed by atoms with Crippen LogP contribution < -0.4 is 14.8 Å². The summed E-state index contributed by atoms with van der Waals surface area (Å²) in [5.74, 6) is -1.00. The van der Waals surface area contributed by atoms with Gasteiger partial charge in [-0.1, -0.05) is 0 Å². The fraction of sp³-hybridized carbons (Fsp3) is 0.300. The number of amides is 1. The van der Waals surface area contributed by atoms with Gasteiger partial charge in [0.1, 0.15) is 17.2 Å².